The summed E-state index contributed by atoms with van der Waals surface area (Å²) in [5.74, 6) is 0. The van der Waals surface area contributed by atoms with E-state index in [0.717, 1.165) is 0 Å². The highest BCUT2D eigenvalue weighted by atomic mass is 127. The van der Waals surface area contributed by atoms with Gasteiger partial charge in [-0.05, 0) is 34.7 Å². The van der Waals surface area contributed by atoms with E-state index in [2.05, 4.69) is 53.9 Å². The van der Waals surface area contributed by atoms with E-state index >= 15 is 0 Å². The second-order valence-electron chi connectivity index (χ2n) is 4.51. The molecule has 2 N–H and O–H groups in total. The Morgan fingerprint density at radius 2 is 1.67 bits per heavy atom. The topological polar surface area (TPSA) is 8.88 Å². The number of nitrogens with one attached hydrogen (secondary N) is 2. The van der Waals surface area contributed by atoms with Crippen molar-refractivity contribution in [2.24, 2.45) is 0 Å². The van der Waals surface area contributed by atoms with Gasteiger partial charge in [0.15, 0.2) is 0 Å². The molecule has 1 aromatic carbocycles. The van der Waals surface area contributed by atoms with E-state index in [4.69, 9.17) is 0 Å². The predicted molar refractivity (Wildman–Crippen MR) is 70.2 cm³/mol. The molecule has 0 unspecified atom stereocenters. The number of halogens is 1. The zero-order chi connectivity index (χ0) is 10.7. The Hall–Kier alpha value is -0.130. The molecule has 1 aliphatic heterocycles. The quantitative estimate of drug-likeness (QED) is 0.661. The first-order valence-electron chi connectivity index (χ1n) is 5.63. The monoisotopic (exact) mass is 318 g/mol. The minimum Gasteiger partial charge on any atom is -0.328 e. The summed E-state index contributed by atoms with van der Waals surface area (Å²) in [6, 6.07) is 8.94. The van der Waals surface area contributed by atoms with Gasteiger partial charge >= 0.3 is 0 Å². The Bertz CT molecular complexity index is 302. The fourth-order valence-electron chi connectivity index (χ4n) is 2.10. The molecule has 2 rings (SSSR count). The summed E-state index contributed by atoms with van der Waals surface area (Å²) in [7, 11) is 2.29. The van der Waals surface area contributed by atoms with Gasteiger partial charge in [-0.1, -0.05) is 12.1 Å². The molecule has 1 saturated heterocycles. The van der Waals surface area contributed by atoms with Crippen LogP contribution in [0.2, 0.25) is 0 Å². The largest absolute Gasteiger partial charge is 0.328 e. The number of quaternary nitrogens is 2. The van der Waals surface area contributed by atoms with Crippen molar-refractivity contribution in [1.82, 2.24) is 0 Å². The molecule has 1 aromatic rings. The van der Waals surface area contributed by atoms with Crippen LogP contribution in [-0.2, 0) is 6.54 Å². The Balaban J connectivity index is 1.89. The SMILES string of the molecule is C[NH+]1CC[NH+](Cc2ccc(I)cc2)CC1. The minimum atomic E-state index is 1.20. The van der Waals surface area contributed by atoms with Crippen LogP contribution in [0.4, 0.5) is 0 Å². The molecule has 1 heterocycles. The molecule has 15 heavy (non-hydrogen) atoms. The molecule has 82 valence electrons. The molecule has 1 aliphatic rings. The first-order valence-corrected chi connectivity index (χ1v) is 6.71. The molecule has 0 radical (unpaired) electrons. The van der Waals surface area contributed by atoms with Gasteiger partial charge in [-0.2, -0.15) is 0 Å². The molecule has 0 aromatic heterocycles. The first kappa shape index (κ1) is 11.4. The Morgan fingerprint density at radius 1 is 1.07 bits per heavy atom. The van der Waals surface area contributed by atoms with Crippen molar-refractivity contribution >= 4 is 22.6 Å². The van der Waals surface area contributed by atoms with Crippen molar-refractivity contribution in [2.45, 2.75) is 6.54 Å². The molecular formula is C12H19IN2+2. The highest BCUT2D eigenvalue weighted by Gasteiger charge is 2.19. The average molecular weight is 318 g/mol. The number of piperazine rings is 1. The van der Waals surface area contributed by atoms with E-state index in [1.165, 1.54) is 41.9 Å². The molecular weight excluding hydrogens is 299 g/mol. The molecule has 2 nitrogen and oxygen atoms in total. The van der Waals surface area contributed by atoms with E-state index in [0.29, 0.717) is 0 Å². The van der Waals surface area contributed by atoms with E-state index < -0.39 is 0 Å². The normalized spacial score (nSPS) is 26.5. The lowest BCUT2D eigenvalue weighted by atomic mass is 10.2. The number of hydrogen-bond acceptors (Lipinski definition) is 0. The summed E-state index contributed by atoms with van der Waals surface area (Å²) >= 11 is 2.36. The summed E-state index contributed by atoms with van der Waals surface area (Å²) < 4.78 is 1.33. The third kappa shape index (κ3) is 3.43. The molecule has 0 spiro atoms. The van der Waals surface area contributed by atoms with E-state index in [9.17, 15) is 0 Å². The van der Waals surface area contributed by atoms with Crippen LogP contribution in [0.15, 0.2) is 24.3 Å². The number of hydrogen-bond donors (Lipinski definition) is 2. The maximum Gasteiger partial charge on any atom is 0.127 e. The van der Waals surface area contributed by atoms with Gasteiger partial charge in [-0.25, -0.2) is 0 Å². The van der Waals surface area contributed by atoms with Crippen molar-refractivity contribution in [3.8, 4) is 0 Å². The molecule has 0 saturated carbocycles. The van der Waals surface area contributed by atoms with Gasteiger partial charge in [-0.3, -0.25) is 0 Å². The van der Waals surface area contributed by atoms with Gasteiger partial charge in [0.1, 0.15) is 32.7 Å². The van der Waals surface area contributed by atoms with Crippen LogP contribution < -0.4 is 9.80 Å². The van der Waals surface area contributed by atoms with Crippen molar-refractivity contribution < 1.29 is 9.80 Å². The van der Waals surface area contributed by atoms with E-state index in [-0.39, 0.29) is 0 Å². The van der Waals surface area contributed by atoms with Crippen LogP contribution >= 0.6 is 22.6 Å². The Kier molecular flexibility index (Phi) is 3.99. The van der Waals surface area contributed by atoms with Gasteiger partial charge in [0.05, 0.1) is 7.05 Å². The predicted octanol–water partition coefficient (Wildman–Crippen LogP) is -0.796. The van der Waals surface area contributed by atoms with Gasteiger partial charge < -0.3 is 9.80 Å². The smallest absolute Gasteiger partial charge is 0.127 e. The number of rotatable bonds is 2. The fraction of sp³-hybridized carbons (Fsp3) is 0.500. The lowest BCUT2D eigenvalue weighted by Gasteiger charge is -2.27. The number of likely N-dealkylation sites (N-methyl/N-ethyl adjacent to an activating group) is 1. The standard InChI is InChI=1S/C12H17IN2/c1-14-6-8-15(9-7-14)10-11-2-4-12(13)5-3-11/h2-5H,6-10H2,1H3/p+2. The molecule has 0 amide bonds. The van der Waals surface area contributed by atoms with E-state index in [1.807, 2.05) is 0 Å². The Labute approximate surface area is 105 Å². The van der Waals surface area contributed by atoms with Crippen molar-refractivity contribution in [3.63, 3.8) is 0 Å². The summed E-state index contributed by atoms with van der Waals surface area (Å²) in [6.07, 6.45) is 0. The summed E-state index contributed by atoms with van der Waals surface area (Å²) in [5, 5.41) is 0. The molecule has 1 fully saturated rings. The van der Waals surface area contributed by atoms with Crippen LogP contribution in [0.3, 0.4) is 0 Å². The van der Waals surface area contributed by atoms with Gasteiger partial charge in [-0.15, -0.1) is 0 Å². The minimum absolute atomic E-state index is 1.20. The second kappa shape index (κ2) is 5.27. The maximum absolute atomic E-state index is 2.36. The average Bonchev–Trinajstić information content (AvgIpc) is 2.25. The molecule has 3 heteroatoms. The van der Waals surface area contributed by atoms with Gasteiger partial charge in [0.2, 0.25) is 0 Å². The van der Waals surface area contributed by atoms with Gasteiger partial charge in [0, 0.05) is 9.13 Å². The first-order chi connectivity index (χ1) is 7.24. The number of benzene rings is 1. The van der Waals surface area contributed by atoms with Crippen LogP contribution in [0.5, 0.6) is 0 Å². The molecule has 0 bridgehead atoms. The molecule has 0 aliphatic carbocycles. The van der Waals surface area contributed by atoms with Crippen molar-refractivity contribution in [1.29, 1.82) is 0 Å². The summed E-state index contributed by atoms with van der Waals surface area (Å²) in [4.78, 5) is 3.42. The van der Waals surface area contributed by atoms with E-state index in [1.54, 1.807) is 9.80 Å². The summed E-state index contributed by atoms with van der Waals surface area (Å²) in [6.45, 7) is 6.47. The third-order valence-electron chi connectivity index (χ3n) is 3.18. The zero-order valence-corrected chi connectivity index (χ0v) is 11.4. The van der Waals surface area contributed by atoms with Crippen LogP contribution in [0.1, 0.15) is 5.56 Å². The third-order valence-corrected chi connectivity index (χ3v) is 3.90. The zero-order valence-electron chi connectivity index (χ0n) is 9.22. The van der Waals surface area contributed by atoms with Crippen LogP contribution in [0.25, 0.3) is 0 Å². The fourth-order valence-corrected chi connectivity index (χ4v) is 2.46. The molecule has 0 atom stereocenters. The van der Waals surface area contributed by atoms with Crippen LogP contribution in [-0.4, -0.2) is 33.2 Å². The lowest BCUT2D eigenvalue weighted by Crippen LogP contribution is -3.26. The maximum atomic E-state index is 2.36. The van der Waals surface area contributed by atoms with Gasteiger partial charge in [0.25, 0.3) is 0 Å². The second-order valence-corrected chi connectivity index (χ2v) is 5.76. The Morgan fingerprint density at radius 3 is 2.27 bits per heavy atom. The lowest BCUT2D eigenvalue weighted by molar-refractivity contribution is -1.01. The highest BCUT2D eigenvalue weighted by Crippen LogP contribution is 2.05. The van der Waals surface area contributed by atoms with Crippen molar-refractivity contribution in [3.05, 3.63) is 33.4 Å². The summed E-state index contributed by atoms with van der Waals surface area (Å²) in [5.41, 5.74) is 1.48. The van der Waals surface area contributed by atoms with Crippen LogP contribution in [0, 0.1) is 3.57 Å². The van der Waals surface area contributed by atoms with Crippen molar-refractivity contribution in [2.75, 3.05) is 33.2 Å². The highest BCUT2D eigenvalue weighted by molar-refractivity contribution is 14.1.